The summed E-state index contributed by atoms with van der Waals surface area (Å²) in [6.45, 7) is 9.06. The summed E-state index contributed by atoms with van der Waals surface area (Å²) in [6.07, 6.45) is 3.05. The van der Waals surface area contributed by atoms with Crippen LogP contribution in [-0.2, 0) is 0 Å². The first-order valence-electron chi connectivity index (χ1n) is 5.73. The fourth-order valence-corrected chi connectivity index (χ4v) is 1.67. The molecule has 0 saturated heterocycles. The fraction of sp³-hybridized carbons (Fsp3) is 0.429. The van der Waals surface area contributed by atoms with Crippen molar-refractivity contribution in [1.82, 2.24) is 5.32 Å². The van der Waals surface area contributed by atoms with E-state index in [4.69, 9.17) is 4.74 Å². The highest BCUT2D eigenvalue weighted by Gasteiger charge is 2.08. The largest absolute Gasteiger partial charge is 0.496 e. The van der Waals surface area contributed by atoms with Gasteiger partial charge in [0.2, 0.25) is 0 Å². The van der Waals surface area contributed by atoms with Crippen LogP contribution in [0.4, 0.5) is 0 Å². The molecule has 16 heavy (non-hydrogen) atoms. The zero-order chi connectivity index (χ0) is 12.0. The summed E-state index contributed by atoms with van der Waals surface area (Å²) in [5.41, 5.74) is 2.36. The van der Waals surface area contributed by atoms with Crippen molar-refractivity contribution in [2.45, 2.75) is 26.3 Å². The number of ether oxygens (including phenoxy) is 1. The Bertz CT molecular complexity index is 347. The second kappa shape index (κ2) is 6.33. The normalized spacial score (nSPS) is 12.2. The van der Waals surface area contributed by atoms with Crippen molar-refractivity contribution in [3.8, 4) is 5.75 Å². The smallest absolute Gasteiger partial charge is 0.122 e. The lowest BCUT2D eigenvalue weighted by Crippen LogP contribution is -2.20. The Morgan fingerprint density at radius 3 is 2.81 bits per heavy atom. The topological polar surface area (TPSA) is 21.3 Å². The van der Waals surface area contributed by atoms with Crippen molar-refractivity contribution in [1.29, 1.82) is 0 Å². The summed E-state index contributed by atoms with van der Waals surface area (Å²) in [7, 11) is 1.70. The van der Waals surface area contributed by atoms with Crippen molar-refractivity contribution in [3.05, 3.63) is 42.0 Å². The Hall–Kier alpha value is -1.28. The third-order valence-corrected chi connectivity index (χ3v) is 2.64. The van der Waals surface area contributed by atoms with E-state index >= 15 is 0 Å². The molecule has 0 spiro atoms. The first-order chi connectivity index (χ1) is 7.72. The molecule has 1 atom stereocenters. The summed E-state index contributed by atoms with van der Waals surface area (Å²) in [4.78, 5) is 0. The Morgan fingerprint density at radius 2 is 2.25 bits per heavy atom. The van der Waals surface area contributed by atoms with Gasteiger partial charge in [0.25, 0.3) is 0 Å². The molecule has 88 valence electrons. The number of hydrogen-bond acceptors (Lipinski definition) is 2. The van der Waals surface area contributed by atoms with E-state index in [-0.39, 0.29) is 6.04 Å². The molecule has 1 unspecified atom stereocenters. The van der Waals surface area contributed by atoms with Gasteiger partial charge in [-0.1, -0.05) is 25.1 Å². The summed E-state index contributed by atoms with van der Waals surface area (Å²) in [6, 6.07) is 6.48. The molecular formula is C14H21NO. The maximum absolute atomic E-state index is 5.32. The lowest BCUT2D eigenvalue weighted by Gasteiger charge is -2.16. The SMILES string of the molecule is C=CC(NCCC)c1ccc(C)c(OC)c1. The molecule has 2 nitrogen and oxygen atoms in total. The van der Waals surface area contributed by atoms with Crippen molar-refractivity contribution in [3.63, 3.8) is 0 Å². The second-order valence-electron chi connectivity index (χ2n) is 3.90. The Labute approximate surface area is 98.3 Å². The second-order valence-corrected chi connectivity index (χ2v) is 3.90. The van der Waals surface area contributed by atoms with Gasteiger partial charge in [-0.25, -0.2) is 0 Å². The fourth-order valence-electron chi connectivity index (χ4n) is 1.67. The molecule has 0 aromatic heterocycles. The number of rotatable bonds is 6. The number of nitrogens with one attached hydrogen (secondary N) is 1. The van der Waals surface area contributed by atoms with E-state index in [2.05, 4.69) is 37.0 Å². The highest BCUT2D eigenvalue weighted by molar-refractivity contribution is 5.38. The van der Waals surface area contributed by atoms with E-state index in [1.165, 1.54) is 5.56 Å². The molecule has 2 heteroatoms. The molecule has 1 rings (SSSR count). The molecule has 0 heterocycles. The molecule has 0 aliphatic heterocycles. The minimum absolute atomic E-state index is 0.203. The van der Waals surface area contributed by atoms with Crippen LogP contribution in [0.25, 0.3) is 0 Å². The van der Waals surface area contributed by atoms with E-state index in [9.17, 15) is 0 Å². The van der Waals surface area contributed by atoms with Gasteiger partial charge in [-0.3, -0.25) is 0 Å². The molecule has 0 radical (unpaired) electrons. The minimum atomic E-state index is 0.203. The van der Waals surface area contributed by atoms with Gasteiger partial charge in [0.15, 0.2) is 0 Å². The third-order valence-electron chi connectivity index (χ3n) is 2.64. The van der Waals surface area contributed by atoms with Crippen molar-refractivity contribution >= 4 is 0 Å². The molecule has 0 bridgehead atoms. The van der Waals surface area contributed by atoms with Gasteiger partial charge >= 0.3 is 0 Å². The predicted octanol–water partition coefficient (Wildman–Crippen LogP) is 3.23. The van der Waals surface area contributed by atoms with Crippen LogP contribution in [0, 0.1) is 6.92 Å². The molecule has 1 aromatic carbocycles. The summed E-state index contributed by atoms with van der Waals surface area (Å²) < 4.78 is 5.32. The van der Waals surface area contributed by atoms with Gasteiger partial charge < -0.3 is 10.1 Å². The van der Waals surface area contributed by atoms with Gasteiger partial charge in [0, 0.05) is 0 Å². The molecule has 0 aliphatic rings. The summed E-state index contributed by atoms with van der Waals surface area (Å²) in [5.74, 6) is 0.933. The molecule has 0 amide bonds. The van der Waals surface area contributed by atoms with Crippen LogP contribution in [0.3, 0.4) is 0 Å². The third kappa shape index (κ3) is 3.11. The van der Waals surface area contributed by atoms with Crippen LogP contribution in [-0.4, -0.2) is 13.7 Å². The highest BCUT2D eigenvalue weighted by atomic mass is 16.5. The van der Waals surface area contributed by atoms with Crippen molar-refractivity contribution < 1.29 is 4.74 Å². The maximum Gasteiger partial charge on any atom is 0.122 e. The van der Waals surface area contributed by atoms with Crippen LogP contribution in [0.5, 0.6) is 5.75 Å². The van der Waals surface area contributed by atoms with Crippen molar-refractivity contribution in [2.75, 3.05) is 13.7 Å². The van der Waals surface area contributed by atoms with Gasteiger partial charge in [-0.15, -0.1) is 6.58 Å². The van der Waals surface area contributed by atoms with Gasteiger partial charge in [-0.05, 0) is 37.1 Å². The van der Waals surface area contributed by atoms with Gasteiger partial charge in [-0.2, -0.15) is 0 Å². The Morgan fingerprint density at radius 1 is 1.50 bits per heavy atom. The molecule has 0 fully saturated rings. The number of benzene rings is 1. The van der Waals surface area contributed by atoms with Crippen LogP contribution in [0.2, 0.25) is 0 Å². The number of aryl methyl sites for hydroxylation is 1. The average molecular weight is 219 g/mol. The van der Waals surface area contributed by atoms with Gasteiger partial charge in [0.05, 0.1) is 13.2 Å². The zero-order valence-electron chi connectivity index (χ0n) is 10.4. The van der Waals surface area contributed by atoms with E-state index in [0.717, 1.165) is 24.3 Å². The standard InChI is InChI=1S/C14H21NO/c1-5-9-15-13(6-2)12-8-7-11(3)14(10-12)16-4/h6-8,10,13,15H,2,5,9H2,1,3-4H3. The van der Waals surface area contributed by atoms with Crippen LogP contribution in [0.15, 0.2) is 30.9 Å². The molecule has 1 N–H and O–H groups in total. The lowest BCUT2D eigenvalue weighted by atomic mass is 10.0. The van der Waals surface area contributed by atoms with Gasteiger partial charge in [0.1, 0.15) is 5.75 Å². The molecular weight excluding hydrogens is 198 g/mol. The Balaban J connectivity index is 2.88. The summed E-state index contributed by atoms with van der Waals surface area (Å²) in [5, 5.41) is 3.43. The number of methoxy groups -OCH3 is 1. The predicted molar refractivity (Wildman–Crippen MR) is 69.0 cm³/mol. The maximum atomic E-state index is 5.32. The van der Waals surface area contributed by atoms with E-state index < -0.39 is 0 Å². The van der Waals surface area contributed by atoms with Crippen LogP contribution in [0.1, 0.15) is 30.5 Å². The quantitative estimate of drug-likeness (QED) is 0.742. The van der Waals surface area contributed by atoms with E-state index in [1.807, 2.05) is 13.0 Å². The van der Waals surface area contributed by atoms with Crippen molar-refractivity contribution in [2.24, 2.45) is 0 Å². The van der Waals surface area contributed by atoms with E-state index in [1.54, 1.807) is 7.11 Å². The first-order valence-corrected chi connectivity index (χ1v) is 5.73. The van der Waals surface area contributed by atoms with Crippen LogP contribution >= 0.6 is 0 Å². The monoisotopic (exact) mass is 219 g/mol. The average Bonchev–Trinajstić information content (AvgIpc) is 2.32. The lowest BCUT2D eigenvalue weighted by molar-refractivity contribution is 0.410. The summed E-state index contributed by atoms with van der Waals surface area (Å²) >= 11 is 0. The molecule has 0 saturated carbocycles. The Kier molecular flexibility index (Phi) is 5.06. The molecule has 1 aromatic rings. The molecule has 0 aliphatic carbocycles. The number of hydrogen-bond donors (Lipinski definition) is 1. The van der Waals surface area contributed by atoms with E-state index in [0.29, 0.717) is 0 Å². The minimum Gasteiger partial charge on any atom is -0.496 e. The highest BCUT2D eigenvalue weighted by Crippen LogP contribution is 2.23. The van der Waals surface area contributed by atoms with Crippen LogP contribution < -0.4 is 10.1 Å². The first kappa shape index (κ1) is 12.8. The zero-order valence-corrected chi connectivity index (χ0v) is 10.4.